The molecule has 0 aromatic heterocycles. The van der Waals surface area contributed by atoms with Crippen molar-refractivity contribution in [3.63, 3.8) is 0 Å². The minimum atomic E-state index is -0.190. The van der Waals surface area contributed by atoms with Crippen LogP contribution in [0.15, 0.2) is 12.2 Å². The van der Waals surface area contributed by atoms with Gasteiger partial charge < -0.3 is 4.74 Å². The van der Waals surface area contributed by atoms with E-state index in [9.17, 15) is 9.59 Å². The number of amides is 2. The van der Waals surface area contributed by atoms with Crippen molar-refractivity contribution in [2.24, 2.45) is 0 Å². The van der Waals surface area contributed by atoms with Gasteiger partial charge in [0.2, 0.25) is 0 Å². The van der Waals surface area contributed by atoms with Crippen molar-refractivity contribution in [1.82, 2.24) is 4.90 Å². The lowest BCUT2D eigenvalue weighted by molar-refractivity contribution is -0.136. The van der Waals surface area contributed by atoms with Gasteiger partial charge in [0.15, 0.2) is 0 Å². The first-order chi connectivity index (χ1) is 7.25. The summed E-state index contributed by atoms with van der Waals surface area (Å²) in [6, 6.07) is 0. The van der Waals surface area contributed by atoms with Crippen molar-refractivity contribution in [3.8, 4) is 0 Å². The summed E-state index contributed by atoms with van der Waals surface area (Å²) in [7, 11) is 0. The number of carbonyl (C=O) groups is 2. The molecule has 0 aromatic carbocycles. The Labute approximate surface area is 89.9 Å². The molecule has 1 rings (SSSR count). The standard InChI is InChI=1S/C11H17NO3/c1-2-15-9-5-3-4-8-12-10(13)6-7-11(12)14/h6-7H,2-5,8-9H2,1H3. The maximum absolute atomic E-state index is 11.1. The predicted octanol–water partition coefficient (Wildman–Crippen LogP) is 1.12. The molecule has 0 aliphatic carbocycles. The van der Waals surface area contributed by atoms with Crippen molar-refractivity contribution >= 4 is 11.8 Å². The molecule has 4 nitrogen and oxygen atoms in total. The molecule has 84 valence electrons. The minimum absolute atomic E-state index is 0.190. The van der Waals surface area contributed by atoms with Crippen LogP contribution < -0.4 is 0 Å². The predicted molar refractivity (Wildman–Crippen MR) is 56.2 cm³/mol. The molecule has 0 saturated heterocycles. The van der Waals surface area contributed by atoms with E-state index in [1.54, 1.807) is 0 Å². The summed E-state index contributed by atoms with van der Waals surface area (Å²) in [5.74, 6) is -0.380. The Bertz CT molecular complexity index is 243. The number of nitrogens with zero attached hydrogens (tertiary/aromatic N) is 1. The maximum atomic E-state index is 11.1. The quantitative estimate of drug-likeness (QED) is 0.468. The van der Waals surface area contributed by atoms with Crippen LogP contribution in [0.5, 0.6) is 0 Å². The fraction of sp³-hybridized carbons (Fsp3) is 0.636. The van der Waals surface area contributed by atoms with Crippen LogP contribution in [0, 0.1) is 0 Å². The molecule has 0 fully saturated rings. The van der Waals surface area contributed by atoms with Crippen molar-refractivity contribution in [2.75, 3.05) is 19.8 Å². The summed E-state index contributed by atoms with van der Waals surface area (Å²) in [6.07, 6.45) is 5.46. The number of unbranched alkanes of at least 4 members (excludes halogenated alkanes) is 2. The molecule has 4 heteroatoms. The van der Waals surface area contributed by atoms with Gasteiger partial charge in [0, 0.05) is 31.9 Å². The Kier molecular flexibility index (Phi) is 5.04. The van der Waals surface area contributed by atoms with Gasteiger partial charge in [-0.25, -0.2) is 0 Å². The van der Waals surface area contributed by atoms with Gasteiger partial charge >= 0.3 is 0 Å². The Balaban J connectivity index is 2.05. The summed E-state index contributed by atoms with van der Waals surface area (Å²) in [6.45, 7) is 3.99. The van der Waals surface area contributed by atoms with Crippen molar-refractivity contribution in [2.45, 2.75) is 26.2 Å². The van der Waals surface area contributed by atoms with Crippen molar-refractivity contribution in [1.29, 1.82) is 0 Å². The van der Waals surface area contributed by atoms with Gasteiger partial charge in [0.05, 0.1) is 0 Å². The molecular weight excluding hydrogens is 194 g/mol. The van der Waals surface area contributed by atoms with E-state index < -0.39 is 0 Å². The average molecular weight is 211 g/mol. The third-order valence-electron chi connectivity index (χ3n) is 2.28. The van der Waals surface area contributed by atoms with Crippen LogP contribution in [0.25, 0.3) is 0 Å². The zero-order valence-corrected chi connectivity index (χ0v) is 9.07. The molecule has 0 unspecified atom stereocenters. The van der Waals surface area contributed by atoms with Crippen LogP contribution in [-0.4, -0.2) is 36.5 Å². The Morgan fingerprint density at radius 1 is 1.13 bits per heavy atom. The van der Waals surface area contributed by atoms with Crippen LogP contribution in [0.2, 0.25) is 0 Å². The molecule has 1 aliphatic rings. The molecule has 0 radical (unpaired) electrons. The summed E-state index contributed by atoms with van der Waals surface area (Å²) in [5, 5.41) is 0. The van der Waals surface area contributed by atoms with E-state index in [0.29, 0.717) is 6.54 Å². The fourth-order valence-electron chi connectivity index (χ4n) is 1.45. The topological polar surface area (TPSA) is 46.6 Å². The number of hydrogen-bond donors (Lipinski definition) is 0. The molecule has 0 saturated carbocycles. The average Bonchev–Trinajstić information content (AvgIpc) is 2.54. The number of ether oxygens (including phenoxy) is 1. The molecule has 1 aliphatic heterocycles. The Morgan fingerprint density at radius 3 is 2.40 bits per heavy atom. The van der Waals surface area contributed by atoms with Gasteiger partial charge in [0.1, 0.15) is 0 Å². The molecule has 0 spiro atoms. The Hall–Kier alpha value is -1.16. The number of hydrogen-bond acceptors (Lipinski definition) is 3. The fourth-order valence-corrected chi connectivity index (χ4v) is 1.45. The third kappa shape index (κ3) is 3.83. The second kappa shape index (κ2) is 6.35. The molecule has 0 atom stereocenters. The lowest BCUT2D eigenvalue weighted by Crippen LogP contribution is -2.30. The van der Waals surface area contributed by atoms with Crippen LogP contribution >= 0.6 is 0 Å². The van der Waals surface area contributed by atoms with E-state index in [1.165, 1.54) is 17.1 Å². The second-order valence-corrected chi connectivity index (χ2v) is 3.42. The number of carbonyl (C=O) groups excluding carboxylic acids is 2. The normalized spacial score (nSPS) is 15.4. The summed E-state index contributed by atoms with van der Waals surface area (Å²) in [5.41, 5.74) is 0. The Morgan fingerprint density at radius 2 is 1.80 bits per heavy atom. The molecule has 0 N–H and O–H groups in total. The lowest BCUT2D eigenvalue weighted by atomic mass is 10.2. The van der Waals surface area contributed by atoms with Crippen molar-refractivity contribution in [3.05, 3.63) is 12.2 Å². The van der Waals surface area contributed by atoms with E-state index in [0.717, 1.165) is 32.5 Å². The van der Waals surface area contributed by atoms with E-state index in [2.05, 4.69) is 0 Å². The van der Waals surface area contributed by atoms with E-state index in [1.807, 2.05) is 6.92 Å². The first-order valence-electron chi connectivity index (χ1n) is 5.37. The summed E-state index contributed by atoms with van der Waals surface area (Å²) in [4.78, 5) is 23.6. The smallest absolute Gasteiger partial charge is 0.253 e. The number of rotatable bonds is 7. The first-order valence-corrected chi connectivity index (χ1v) is 5.37. The van der Waals surface area contributed by atoms with E-state index in [4.69, 9.17) is 4.74 Å². The molecule has 2 amide bonds. The van der Waals surface area contributed by atoms with Gasteiger partial charge in [-0.05, 0) is 26.2 Å². The molecule has 0 bridgehead atoms. The minimum Gasteiger partial charge on any atom is -0.382 e. The van der Waals surface area contributed by atoms with Gasteiger partial charge in [-0.1, -0.05) is 0 Å². The monoisotopic (exact) mass is 211 g/mol. The van der Waals surface area contributed by atoms with Gasteiger partial charge in [-0.3, -0.25) is 14.5 Å². The van der Waals surface area contributed by atoms with Gasteiger partial charge in [-0.2, -0.15) is 0 Å². The summed E-state index contributed by atoms with van der Waals surface area (Å²) >= 11 is 0. The van der Waals surface area contributed by atoms with Crippen LogP contribution in [0.3, 0.4) is 0 Å². The molecule has 15 heavy (non-hydrogen) atoms. The zero-order valence-electron chi connectivity index (χ0n) is 9.07. The van der Waals surface area contributed by atoms with Crippen LogP contribution in [-0.2, 0) is 14.3 Å². The van der Waals surface area contributed by atoms with Crippen LogP contribution in [0.1, 0.15) is 26.2 Å². The summed E-state index contributed by atoms with van der Waals surface area (Å²) < 4.78 is 5.19. The highest BCUT2D eigenvalue weighted by Crippen LogP contribution is 2.06. The maximum Gasteiger partial charge on any atom is 0.253 e. The SMILES string of the molecule is CCOCCCCCN1C(=O)C=CC1=O. The van der Waals surface area contributed by atoms with E-state index in [-0.39, 0.29) is 11.8 Å². The zero-order chi connectivity index (χ0) is 11.1. The molecule has 1 heterocycles. The van der Waals surface area contributed by atoms with Crippen LogP contribution in [0.4, 0.5) is 0 Å². The van der Waals surface area contributed by atoms with E-state index >= 15 is 0 Å². The van der Waals surface area contributed by atoms with Gasteiger partial charge in [0.25, 0.3) is 11.8 Å². The largest absolute Gasteiger partial charge is 0.382 e. The van der Waals surface area contributed by atoms with Gasteiger partial charge in [-0.15, -0.1) is 0 Å². The third-order valence-corrected chi connectivity index (χ3v) is 2.28. The highest BCUT2D eigenvalue weighted by Gasteiger charge is 2.21. The molecular formula is C11H17NO3. The second-order valence-electron chi connectivity index (χ2n) is 3.42. The lowest BCUT2D eigenvalue weighted by Gasteiger charge is -2.12. The number of imide groups is 1. The molecule has 0 aromatic rings. The van der Waals surface area contributed by atoms with Crippen molar-refractivity contribution < 1.29 is 14.3 Å². The first kappa shape index (κ1) is 11.9. The highest BCUT2D eigenvalue weighted by molar-refractivity contribution is 6.12. The highest BCUT2D eigenvalue weighted by atomic mass is 16.5.